The number of carbonyl (C=O) groups excluding carboxylic acids is 1. The van der Waals surface area contributed by atoms with Gasteiger partial charge in [-0.05, 0) is 18.9 Å². The van der Waals surface area contributed by atoms with Gasteiger partial charge in [-0.1, -0.05) is 0 Å². The van der Waals surface area contributed by atoms with E-state index in [1.165, 1.54) is 4.90 Å². The molecule has 1 saturated heterocycles. The SMILES string of the molecule is NCC1CC(=O)N(CCCC(F)(F)F)C1. The molecule has 1 aliphatic rings. The lowest BCUT2D eigenvalue weighted by Gasteiger charge is -2.16. The van der Waals surface area contributed by atoms with E-state index in [1.54, 1.807) is 0 Å². The summed E-state index contributed by atoms with van der Waals surface area (Å²) in [5, 5.41) is 0. The van der Waals surface area contributed by atoms with Crippen molar-refractivity contribution in [2.45, 2.75) is 25.4 Å². The minimum atomic E-state index is -4.13. The van der Waals surface area contributed by atoms with Gasteiger partial charge in [0.25, 0.3) is 0 Å². The van der Waals surface area contributed by atoms with Crippen LogP contribution in [0, 0.1) is 5.92 Å². The first-order valence-corrected chi connectivity index (χ1v) is 4.97. The summed E-state index contributed by atoms with van der Waals surface area (Å²) in [6.07, 6.45) is -4.60. The summed E-state index contributed by atoms with van der Waals surface area (Å²) in [6.45, 7) is 1.11. The van der Waals surface area contributed by atoms with Crippen LogP contribution in [0.25, 0.3) is 0 Å². The Hall–Kier alpha value is -0.780. The molecule has 0 aromatic carbocycles. The van der Waals surface area contributed by atoms with Crippen molar-refractivity contribution in [2.24, 2.45) is 11.7 Å². The quantitative estimate of drug-likeness (QED) is 0.778. The maximum Gasteiger partial charge on any atom is 0.389 e. The van der Waals surface area contributed by atoms with Crippen LogP contribution in [0.15, 0.2) is 0 Å². The van der Waals surface area contributed by atoms with E-state index in [1.807, 2.05) is 0 Å². The molecule has 1 fully saturated rings. The van der Waals surface area contributed by atoms with Crippen LogP contribution < -0.4 is 5.73 Å². The number of likely N-dealkylation sites (tertiary alicyclic amines) is 1. The molecule has 1 heterocycles. The maximum atomic E-state index is 11.8. The van der Waals surface area contributed by atoms with E-state index in [-0.39, 0.29) is 24.8 Å². The van der Waals surface area contributed by atoms with Gasteiger partial charge in [-0.15, -0.1) is 0 Å². The second-order valence-electron chi connectivity index (χ2n) is 3.86. The van der Waals surface area contributed by atoms with Crippen LogP contribution in [-0.4, -0.2) is 36.6 Å². The van der Waals surface area contributed by atoms with E-state index in [0.717, 1.165) is 0 Å². The Morgan fingerprint density at radius 3 is 2.60 bits per heavy atom. The van der Waals surface area contributed by atoms with Crippen LogP contribution in [0.2, 0.25) is 0 Å². The van der Waals surface area contributed by atoms with Gasteiger partial charge in [0.1, 0.15) is 0 Å². The van der Waals surface area contributed by atoms with Gasteiger partial charge in [-0.25, -0.2) is 0 Å². The van der Waals surface area contributed by atoms with E-state index in [9.17, 15) is 18.0 Å². The zero-order valence-electron chi connectivity index (χ0n) is 8.39. The summed E-state index contributed by atoms with van der Waals surface area (Å²) in [5.74, 6) is 0.0380. The summed E-state index contributed by atoms with van der Waals surface area (Å²) >= 11 is 0. The Labute approximate surface area is 86.4 Å². The van der Waals surface area contributed by atoms with E-state index >= 15 is 0 Å². The van der Waals surface area contributed by atoms with Gasteiger partial charge in [0, 0.05) is 25.9 Å². The molecule has 0 radical (unpaired) electrons. The molecule has 3 nitrogen and oxygen atoms in total. The molecule has 0 bridgehead atoms. The fourth-order valence-corrected chi connectivity index (χ4v) is 1.70. The second kappa shape index (κ2) is 4.83. The molecule has 1 atom stereocenters. The normalized spacial score (nSPS) is 22.5. The molecule has 0 aromatic heterocycles. The van der Waals surface area contributed by atoms with Crippen molar-refractivity contribution in [1.29, 1.82) is 0 Å². The average molecular weight is 224 g/mol. The molecule has 0 saturated carbocycles. The Morgan fingerprint density at radius 1 is 1.47 bits per heavy atom. The third kappa shape index (κ3) is 4.07. The molecule has 0 spiro atoms. The number of halogens is 3. The summed E-state index contributed by atoms with van der Waals surface area (Å²) in [4.78, 5) is 12.8. The van der Waals surface area contributed by atoms with Gasteiger partial charge in [0.2, 0.25) is 5.91 Å². The lowest BCUT2D eigenvalue weighted by atomic mass is 10.1. The van der Waals surface area contributed by atoms with Crippen LogP contribution in [-0.2, 0) is 4.79 Å². The molecule has 6 heteroatoms. The van der Waals surface area contributed by atoms with Gasteiger partial charge >= 0.3 is 6.18 Å². The number of amides is 1. The van der Waals surface area contributed by atoms with Gasteiger partial charge in [-0.2, -0.15) is 13.2 Å². The maximum absolute atomic E-state index is 11.8. The first-order valence-electron chi connectivity index (χ1n) is 4.97. The van der Waals surface area contributed by atoms with Crippen LogP contribution in [0.1, 0.15) is 19.3 Å². The molecule has 1 aliphatic heterocycles. The van der Waals surface area contributed by atoms with Crippen LogP contribution in [0.5, 0.6) is 0 Å². The Kier molecular flexibility index (Phi) is 3.96. The van der Waals surface area contributed by atoms with Crippen molar-refractivity contribution < 1.29 is 18.0 Å². The van der Waals surface area contributed by atoms with Crippen LogP contribution in [0.4, 0.5) is 13.2 Å². The highest BCUT2D eigenvalue weighted by Crippen LogP contribution is 2.23. The third-order valence-electron chi connectivity index (χ3n) is 2.52. The zero-order valence-corrected chi connectivity index (χ0v) is 8.39. The predicted molar refractivity (Wildman–Crippen MR) is 49.0 cm³/mol. The van der Waals surface area contributed by atoms with Crippen molar-refractivity contribution in [1.82, 2.24) is 4.90 Å². The molecular weight excluding hydrogens is 209 g/mol. The van der Waals surface area contributed by atoms with Gasteiger partial charge < -0.3 is 10.6 Å². The highest BCUT2D eigenvalue weighted by atomic mass is 19.4. The summed E-state index contributed by atoms with van der Waals surface area (Å²) in [6, 6.07) is 0. The fraction of sp³-hybridized carbons (Fsp3) is 0.889. The van der Waals surface area contributed by atoms with E-state index < -0.39 is 12.6 Å². The summed E-state index contributed by atoms with van der Waals surface area (Å²) in [5.41, 5.74) is 5.40. The van der Waals surface area contributed by atoms with Crippen LogP contribution >= 0.6 is 0 Å². The van der Waals surface area contributed by atoms with Gasteiger partial charge in [0.15, 0.2) is 0 Å². The van der Waals surface area contributed by atoms with Crippen molar-refractivity contribution in [2.75, 3.05) is 19.6 Å². The van der Waals surface area contributed by atoms with E-state index in [0.29, 0.717) is 19.5 Å². The number of carbonyl (C=O) groups is 1. The van der Waals surface area contributed by atoms with Crippen molar-refractivity contribution in [3.05, 3.63) is 0 Å². The number of rotatable bonds is 4. The first-order chi connectivity index (χ1) is 6.92. The van der Waals surface area contributed by atoms with Gasteiger partial charge in [-0.3, -0.25) is 4.79 Å². The standard InChI is InChI=1S/C9H15F3N2O/c10-9(11,12)2-1-3-14-6-7(5-13)4-8(14)15/h7H,1-6,13H2. The average Bonchev–Trinajstić information content (AvgIpc) is 2.45. The highest BCUT2D eigenvalue weighted by molar-refractivity contribution is 5.78. The minimum Gasteiger partial charge on any atom is -0.342 e. The van der Waals surface area contributed by atoms with Gasteiger partial charge in [0.05, 0.1) is 0 Å². The number of hydrogen-bond acceptors (Lipinski definition) is 2. The number of hydrogen-bond donors (Lipinski definition) is 1. The largest absolute Gasteiger partial charge is 0.389 e. The first kappa shape index (κ1) is 12.3. The Bertz CT molecular complexity index is 230. The Morgan fingerprint density at radius 2 is 2.13 bits per heavy atom. The number of nitrogens with zero attached hydrogens (tertiary/aromatic N) is 1. The number of alkyl halides is 3. The second-order valence-corrected chi connectivity index (χ2v) is 3.86. The topological polar surface area (TPSA) is 46.3 Å². The van der Waals surface area contributed by atoms with E-state index in [4.69, 9.17) is 5.73 Å². The molecule has 1 rings (SSSR count). The fourth-order valence-electron chi connectivity index (χ4n) is 1.70. The van der Waals surface area contributed by atoms with Crippen molar-refractivity contribution in [3.8, 4) is 0 Å². The molecule has 0 aromatic rings. The highest BCUT2D eigenvalue weighted by Gasteiger charge is 2.30. The molecule has 88 valence electrons. The van der Waals surface area contributed by atoms with Crippen LogP contribution in [0.3, 0.4) is 0 Å². The molecule has 15 heavy (non-hydrogen) atoms. The lowest BCUT2D eigenvalue weighted by Crippen LogP contribution is -2.28. The zero-order chi connectivity index (χ0) is 11.5. The summed E-state index contributed by atoms with van der Waals surface area (Å²) in [7, 11) is 0. The van der Waals surface area contributed by atoms with E-state index in [2.05, 4.69) is 0 Å². The molecule has 0 aliphatic carbocycles. The number of nitrogens with two attached hydrogens (primary N) is 1. The van der Waals surface area contributed by atoms with Crippen molar-refractivity contribution in [3.63, 3.8) is 0 Å². The molecule has 1 amide bonds. The van der Waals surface area contributed by atoms with Crippen molar-refractivity contribution >= 4 is 5.91 Å². The smallest absolute Gasteiger partial charge is 0.342 e. The lowest BCUT2D eigenvalue weighted by molar-refractivity contribution is -0.139. The summed E-state index contributed by atoms with van der Waals surface area (Å²) < 4.78 is 35.5. The molecule has 1 unspecified atom stereocenters. The monoisotopic (exact) mass is 224 g/mol. The minimum absolute atomic E-state index is 0.0213. The Balaban J connectivity index is 2.25. The molecular formula is C9H15F3N2O. The third-order valence-corrected chi connectivity index (χ3v) is 2.52. The predicted octanol–water partition coefficient (Wildman–Crippen LogP) is 1.14. The molecule has 2 N–H and O–H groups in total.